The second kappa shape index (κ2) is 4.11. The maximum Gasteiger partial charge on any atom is 0.129 e. The van der Waals surface area contributed by atoms with Gasteiger partial charge in [0.05, 0.1) is 5.69 Å². The highest BCUT2D eigenvalue weighted by molar-refractivity contribution is 5.78. The fraction of sp³-hybridized carbons (Fsp3) is 0.471. The largest absolute Gasteiger partial charge is 0.383 e. The van der Waals surface area contributed by atoms with Crippen LogP contribution in [0.1, 0.15) is 36.4 Å². The molecule has 2 N–H and O–H groups in total. The van der Waals surface area contributed by atoms with E-state index in [0.717, 1.165) is 17.7 Å². The summed E-state index contributed by atoms with van der Waals surface area (Å²) in [6.45, 7) is 2.11. The Hall–Kier alpha value is -1.77. The molecule has 104 valence electrons. The zero-order valence-electron chi connectivity index (χ0n) is 12.1. The Morgan fingerprint density at radius 2 is 1.80 bits per heavy atom. The molecule has 0 aliphatic heterocycles. The molecule has 1 aromatic heterocycles. The summed E-state index contributed by atoms with van der Waals surface area (Å²) in [7, 11) is 1.95. The van der Waals surface area contributed by atoms with Crippen LogP contribution in [0.2, 0.25) is 0 Å². The standard InChI is InChI=1S/C17H21N3/c1-10-6-8-11(9-7-10)14-16(19-20(2)17(14)18)15-12-4-3-5-13(12)15/h6-9,12-13,15H,3-5,18H2,1-2H3. The Labute approximate surface area is 119 Å². The molecule has 2 aliphatic carbocycles. The predicted octanol–water partition coefficient (Wildman–Crippen LogP) is 3.49. The molecule has 20 heavy (non-hydrogen) atoms. The normalized spacial score (nSPS) is 27.6. The van der Waals surface area contributed by atoms with Gasteiger partial charge >= 0.3 is 0 Å². The minimum absolute atomic E-state index is 0.656. The zero-order valence-corrected chi connectivity index (χ0v) is 12.1. The number of hydrogen-bond donors (Lipinski definition) is 1. The number of nitrogens with two attached hydrogens (primary N) is 1. The fourth-order valence-corrected chi connectivity index (χ4v) is 4.03. The van der Waals surface area contributed by atoms with Crippen LogP contribution in [-0.2, 0) is 7.05 Å². The molecule has 1 aromatic carbocycles. The number of nitrogens with zero attached hydrogens (tertiary/aromatic N) is 2. The van der Waals surface area contributed by atoms with Crippen molar-refractivity contribution in [2.45, 2.75) is 32.1 Å². The summed E-state index contributed by atoms with van der Waals surface area (Å²) in [5.41, 5.74) is 11.2. The molecular formula is C17H21N3. The van der Waals surface area contributed by atoms with Gasteiger partial charge in [-0.2, -0.15) is 5.10 Å². The molecule has 3 nitrogen and oxygen atoms in total. The molecule has 0 saturated heterocycles. The average molecular weight is 267 g/mol. The minimum atomic E-state index is 0.656. The first-order valence-electron chi connectivity index (χ1n) is 7.56. The molecule has 2 aliphatic rings. The Kier molecular flexibility index (Phi) is 2.47. The van der Waals surface area contributed by atoms with Crippen LogP contribution < -0.4 is 5.73 Å². The van der Waals surface area contributed by atoms with Crippen LogP contribution in [-0.4, -0.2) is 9.78 Å². The quantitative estimate of drug-likeness (QED) is 0.905. The third kappa shape index (κ3) is 1.62. The van der Waals surface area contributed by atoms with Crippen LogP contribution in [0.5, 0.6) is 0 Å². The highest BCUT2D eigenvalue weighted by atomic mass is 15.3. The van der Waals surface area contributed by atoms with Gasteiger partial charge in [0.2, 0.25) is 0 Å². The molecule has 2 atom stereocenters. The molecule has 2 saturated carbocycles. The second-order valence-electron chi connectivity index (χ2n) is 6.42. The first-order valence-corrected chi connectivity index (χ1v) is 7.56. The monoisotopic (exact) mass is 267 g/mol. The van der Waals surface area contributed by atoms with E-state index in [9.17, 15) is 0 Å². The number of anilines is 1. The van der Waals surface area contributed by atoms with E-state index in [2.05, 4.69) is 31.2 Å². The summed E-state index contributed by atoms with van der Waals surface area (Å²) < 4.78 is 1.85. The van der Waals surface area contributed by atoms with Gasteiger partial charge in [-0.3, -0.25) is 4.68 Å². The van der Waals surface area contributed by atoms with Crippen molar-refractivity contribution in [3.63, 3.8) is 0 Å². The Balaban J connectivity index is 1.80. The highest BCUT2D eigenvalue weighted by Crippen LogP contribution is 2.64. The molecule has 0 amide bonds. The van der Waals surface area contributed by atoms with Crippen molar-refractivity contribution < 1.29 is 0 Å². The van der Waals surface area contributed by atoms with E-state index in [4.69, 9.17) is 10.8 Å². The number of rotatable bonds is 2. The molecule has 0 spiro atoms. The third-order valence-corrected chi connectivity index (χ3v) is 5.18. The topological polar surface area (TPSA) is 43.8 Å². The van der Waals surface area contributed by atoms with E-state index in [1.54, 1.807) is 0 Å². The van der Waals surface area contributed by atoms with E-state index >= 15 is 0 Å². The van der Waals surface area contributed by atoms with Crippen LogP contribution in [0, 0.1) is 18.8 Å². The lowest BCUT2D eigenvalue weighted by atomic mass is 9.99. The van der Waals surface area contributed by atoms with Crippen LogP contribution in [0.4, 0.5) is 5.82 Å². The van der Waals surface area contributed by atoms with Gasteiger partial charge in [0.25, 0.3) is 0 Å². The van der Waals surface area contributed by atoms with Crippen molar-refractivity contribution in [2.75, 3.05) is 5.73 Å². The van der Waals surface area contributed by atoms with Crippen molar-refractivity contribution in [1.82, 2.24) is 9.78 Å². The van der Waals surface area contributed by atoms with E-state index in [1.165, 1.54) is 41.6 Å². The molecule has 0 radical (unpaired) electrons. The second-order valence-corrected chi connectivity index (χ2v) is 6.42. The summed E-state index contributed by atoms with van der Waals surface area (Å²) in [5.74, 6) is 3.19. The van der Waals surface area contributed by atoms with E-state index < -0.39 is 0 Å². The van der Waals surface area contributed by atoms with Gasteiger partial charge in [0.15, 0.2) is 0 Å². The van der Waals surface area contributed by atoms with Gasteiger partial charge in [0, 0.05) is 18.5 Å². The van der Waals surface area contributed by atoms with Crippen molar-refractivity contribution in [3.05, 3.63) is 35.5 Å². The number of benzene rings is 1. The number of nitrogen functional groups attached to an aromatic ring is 1. The molecule has 2 fully saturated rings. The van der Waals surface area contributed by atoms with Crippen LogP contribution in [0.15, 0.2) is 24.3 Å². The minimum Gasteiger partial charge on any atom is -0.383 e. The number of aryl methyl sites for hydroxylation is 2. The van der Waals surface area contributed by atoms with Gasteiger partial charge in [-0.05, 0) is 37.2 Å². The molecule has 1 heterocycles. The fourth-order valence-electron chi connectivity index (χ4n) is 4.03. The Bertz CT molecular complexity index is 644. The maximum absolute atomic E-state index is 6.29. The molecule has 0 bridgehead atoms. The van der Waals surface area contributed by atoms with E-state index in [1.807, 2.05) is 11.7 Å². The number of aromatic nitrogens is 2. The number of hydrogen-bond acceptors (Lipinski definition) is 2. The van der Waals surface area contributed by atoms with Crippen LogP contribution in [0.3, 0.4) is 0 Å². The van der Waals surface area contributed by atoms with Gasteiger partial charge in [-0.1, -0.05) is 36.2 Å². The average Bonchev–Trinajstić information content (AvgIpc) is 2.78. The van der Waals surface area contributed by atoms with Crippen LogP contribution >= 0.6 is 0 Å². The first kappa shape index (κ1) is 12.0. The predicted molar refractivity (Wildman–Crippen MR) is 81.4 cm³/mol. The van der Waals surface area contributed by atoms with Crippen molar-refractivity contribution >= 4 is 5.82 Å². The lowest BCUT2D eigenvalue weighted by molar-refractivity contribution is 0.655. The van der Waals surface area contributed by atoms with Gasteiger partial charge < -0.3 is 5.73 Å². The number of fused-ring (bicyclic) bond motifs is 1. The van der Waals surface area contributed by atoms with Gasteiger partial charge in [0.1, 0.15) is 5.82 Å². The Morgan fingerprint density at radius 1 is 1.15 bits per heavy atom. The smallest absolute Gasteiger partial charge is 0.129 e. The van der Waals surface area contributed by atoms with E-state index in [-0.39, 0.29) is 0 Å². The lowest BCUT2D eigenvalue weighted by Crippen LogP contribution is -1.98. The summed E-state index contributed by atoms with van der Waals surface area (Å²) in [5, 5.41) is 4.75. The summed E-state index contributed by atoms with van der Waals surface area (Å²) in [4.78, 5) is 0. The first-order chi connectivity index (χ1) is 9.66. The highest BCUT2D eigenvalue weighted by Gasteiger charge is 2.55. The molecule has 2 unspecified atom stereocenters. The maximum atomic E-state index is 6.29. The van der Waals surface area contributed by atoms with E-state index in [0.29, 0.717) is 5.92 Å². The molecular weight excluding hydrogens is 246 g/mol. The zero-order chi connectivity index (χ0) is 13.9. The van der Waals surface area contributed by atoms with Crippen molar-refractivity contribution in [2.24, 2.45) is 18.9 Å². The lowest BCUT2D eigenvalue weighted by Gasteiger charge is -2.06. The van der Waals surface area contributed by atoms with Crippen molar-refractivity contribution in [3.8, 4) is 11.1 Å². The summed E-state index contributed by atoms with van der Waals surface area (Å²) in [6, 6.07) is 8.65. The molecule has 2 aromatic rings. The molecule has 4 rings (SSSR count). The Morgan fingerprint density at radius 3 is 2.45 bits per heavy atom. The summed E-state index contributed by atoms with van der Waals surface area (Å²) in [6.07, 6.45) is 4.15. The summed E-state index contributed by atoms with van der Waals surface area (Å²) >= 11 is 0. The third-order valence-electron chi connectivity index (χ3n) is 5.18. The SMILES string of the molecule is Cc1ccc(-c2c(C3C4CCCC43)nn(C)c2N)cc1. The van der Waals surface area contributed by atoms with Gasteiger partial charge in [-0.25, -0.2) is 0 Å². The van der Waals surface area contributed by atoms with Gasteiger partial charge in [-0.15, -0.1) is 0 Å². The van der Waals surface area contributed by atoms with Crippen molar-refractivity contribution in [1.29, 1.82) is 0 Å². The van der Waals surface area contributed by atoms with Crippen LogP contribution in [0.25, 0.3) is 11.1 Å². The molecule has 3 heteroatoms.